The Labute approximate surface area is 129 Å². The summed E-state index contributed by atoms with van der Waals surface area (Å²) in [5, 5.41) is 0.225. The number of hydrogen-bond acceptors (Lipinski definition) is 3. The van der Waals surface area contributed by atoms with Crippen molar-refractivity contribution >= 4 is 14.3 Å². The first kappa shape index (κ1) is 15.3. The zero-order chi connectivity index (χ0) is 15.5. The molecular weight excluding hydrogens is 280 g/mol. The summed E-state index contributed by atoms with van der Waals surface area (Å²) in [6.45, 7) is 12.1. The van der Waals surface area contributed by atoms with Gasteiger partial charge in [0.1, 0.15) is 0 Å². The molecule has 1 spiro atoms. The average Bonchev–Trinajstić information content (AvgIpc) is 2.89. The highest BCUT2D eigenvalue weighted by atomic mass is 28.4. The molecule has 0 aromatic rings. The molecule has 1 saturated heterocycles. The van der Waals surface area contributed by atoms with Gasteiger partial charge < -0.3 is 9.16 Å². The second-order valence-corrected chi connectivity index (χ2v) is 13.3. The zero-order valence-electron chi connectivity index (χ0n) is 13.9. The Kier molecular flexibility index (Phi) is 3.41. The van der Waals surface area contributed by atoms with E-state index in [1.165, 1.54) is 0 Å². The number of cyclic esters (lactones) is 1. The fraction of sp³-hybridized carbons (Fsp3) is 0.824. The normalized spacial score (nSPS) is 39.1. The molecule has 3 nitrogen and oxygen atoms in total. The topological polar surface area (TPSA) is 35.5 Å². The summed E-state index contributed by atoms with van der Waals surface area (Å²) in [5.41, 5.74) is 0.0267. The minimum atomic E-state index is -1.77. The van der Waals surface area contributed by atoms with Crippen molar-refractivity contribution in [2.45, 2.75) is 64.3 Å². The van der Waals surface area contributed by atoms with Crippen LogP contribution in [0.5, 0.6) is 0 Å². The van der Waals surface area contributed by atoms with Crippen molar-refractivity contribution in [3.05, 3.63) is 12.2 Å². The van der Waals surface area contributed by atoms with E-state index in [9.17, 15) is 4.79 Å². The van der Waals surface area contributed by atoms with Gasteiger partial charge in [0.2, 0.25) is 0 Å². The van der Waals surface area contributed by atoms with Crippen LogP contribution >= 0.6 is 0 Å². The van der Waals surface area contributed by atoms with Crippen LogP contribution in [0, 0.1) is 17.3 Å². The Morgan fingerprint density at radius 3 is 2.76 bits per heavy atom. The maximum absolute atomic E-state index is 12.0. The highest BCUT2D eigenvalue weighted by Crippen LogP contribution is 2.58. The lowest BCUT2D eigenvalue weighted by Gasteiger charge is -2.42. The van der Waals surface area contributed by atoms with Gasteiger partial charge in [-0.2, -0.15) is 0 Å². The van der Waals surface area contributed by atoms with E-state index in [-0.39, 0.29) is 28.4 Å². The Hall–Kier alpha value is -0.613. The average molecular weight is 308 g/mol. The van der Waals surface area contributed by atoms with Gasteiger partial charge in [-0.1, -0.05) is 32.9 Å². The first-order valence-electron chi connectivity index (χ1n) is 8.18. The maximum atomic E-state index is 12.0. The van der Waals surface area contributed by atoms with Crippen LogP contribution in [0.15, 0.2) is 12.2 Å². The molecule has 0 unspecified atom stereocenters. The first-order valence-corrected chi connectivity index (χ1v) is 11.1. The van der Waals surface area contributed by atoms with Gasteiger partial charge in [-0.25, -0.2) is 0 Å². The van der Waals surface area contributed by atoms with E-state index >= 15 is 0 Å². The van der Waals surface area contributed by atoms with Crippen LogP contribution in [0.2, 0.25) is 18.1 Å². The molecule has 0 aromatic heterocycles. The molecule has 1 saturated carbocycles. The molecule has 4 heteroatoms. The van der Waals surface area contributed by atoms with Gasteiger partial charge in [0.05, 0.1) is 18.6 Å². The van der Waals surface area contributed by atoms with Crippen molar-refractivity contribution in [3.8, 4) is 0 Å². The lowest BCUT2D eigenvalue weighted by molar-refractivity contribution is -0.141. The van der Waals surface area contributed by atoms with Crippen molar-refractivity contribution in [3.63, 3.8) is 0 Å². The molecule has 118 valence electrons. The lowest BCUT2D eigenvalue weighted by atomic mass is 9.66. The molecule has 0 amide bonds. The van der Waals surface area contributed by atoms with Gasteiger partial charge in [0, 0.05) is 11.3 Å². The van der Waals surface area contributed by atoms with Gasteiger partial charge in [-0.05, 0) is 37.4 Å². The van der Waals surface area contributed by atoms with Crippen LogP contribution in [0.4, 0.5) is 0 Å². The van der Waals surface area contributed by atoms with Gasteiger partial charge in [-0.15, -0.1) is 0 Å². The quantitative estimate of drug-likeness (QED) is 0.441. The van der Waals surface area contributed by atoms with E-state index < -0.39 is 8.32 Å². The molecule has 2 aliphatic carbocycles. The van der Waals surface area contributed by atoms with E-state index in [1.54, 1.807) is 0 Å². The van der Waals surface area contributed by atoms with Crippen molar-refractivity contribution < 1.29 is 14.0 Å². The smallest absolute Gasteiger partial charge is 0.309 e. The van der Waals surface area contributed by atoms with Crippen LogP contribution in [0.25, 0.3) is 0 Å². The monoisotopic (exact) mass is 308 g/mol. The van der Waals surface area contributed by atoms with E-state index in [4.69, 9.17) is 9.16 Å². The fourth-order valence-corrected chi connectivity index (χ4v) is 5.41. The number of allylic oxidation sites excluding steroid dienone is 1. The van der Waals surface area contributed by atoms with Gasteiger partial charge in [0.15, 0.2) is 8.32 Å². The summed E-state index contributed by atoms with van der Waals surface area (Å²) in [4.78, 5) is 12.0. The Balaban J connectivity index is 1.84. The number of esters is 1. The third-order valence-corrected chi connectivity index (χ3v) is 10.9. The van der Waals surface area contributed by atoms with E-state index in [1.807, 2.05) is 0 Å². The Bertz CT molecular complexity index is 477. The number of carbonyl (C=O) groups is 1. The highest BCUT2D eigenvalue weighted by Gasteiger charge is 2.61. The SMILES string of the molecule is CC(C)(C)[Si](C)(C)O[C@H]1CC[C@]23COC(=O)[C@H]2CC=C[C@@H]13. The fourth-order valence-electron chi connectivity index (χ4n) is 4.04. The van der Waals surface area contributed by atoms with Crippen molar-refractivity contribution in [1.82, 2.24) is 0 Å². The molecule has 2 fully saturated rings. The van der Waals surface area contributed by atoms with Gasteiger partial charge in [-0.3, -0.25) is 4.79 Å². The number of hydrogen-bond donors (Lipinski definition) is 0. The minimum absolute atomic E-state index is 0.0114. The second-order valence-electron chi connectivity index (χ2n) is 8.54. The summed E-state index contributed by atoms with van der Waals surface area (Å²) >= 11 is 0. The number of carbonyl (C=O) groups excluding carboxylic acids is 1. The van der Waals surface area contributed by atoms with Crippen LogP contribution < -0.4 is 0 Å². The second kappa shape index (κ2) is 4.69. The predicted octanol–water partition coefficient (Wildman–Crippen LogP) is 3.91. The van der Waals surface area contributed by atoms with E-state index in [0.717, 1.165) is 19.3 Å². The largest absolute Gasteiger partial charge is 0.465 e. The molecule has 3 rings (SSSR count). The summed E-state index contributed by atoms with van der Waals surface area (Å²) < 4.78 is 12.1. The third-order valence-electron chi connectivity index (χ3n) is 6.39. The minimum Gasteiger partial charge on any atom is -0.465 e. The van der Waals surface area contributed by atoms with Gasteiger partial charge >= 0.3 is 5.97 Å². The van der Waals surface area contributed by atoms with E-state index in [0.29, 0.717) is 12.5 Å². The maximum Gasteiger partial charge on any atom is 0.309 e. The Morgan fingerprint density at radius 1 is 1.38 bits per heavy atom. The van der Waals surface area contributed by atoms with Crippen LogP contribution in [-0.4, -0.2) is 27.0 Å². The molecule has 0 radical (unpaired) electrons. The number of rotatable bonds is 2. The molecule has 0 aromatic carbocycles. The molecule has 3 aliphatic rings. The predicted molar refractivity (Wildman–Crippen MR) is 85.4 cm³/mol. The van der Waals surface area contributed by atoms with Crippen LogP contribution in [0.3, 0.4) is 0 Å². The van der Waals surface area contributed by atoms with E-state index in [2.05, 4.69) is 46.0 Å². The molecule has 1 heterocycles. The van der Waals surface area contributed by atoms with Crippen molar-refractivity contribution in [1.29, 1.82) is 0 Å². The standard InChI is InChI=1S/C17H28O3Si/c1-16(2,3)21(4,5)20-14-9-10-17-11-19-15(18)13(17)8-6-7-12(14)17/h6-7,12-14H,8-11H2,1-5H3/t12-,13+,14-,17+/m0/s1. The highest BCUT2D eigenvalue weighted by molar-refractivity contribution is 6.74. The summed E-state index contributed by atoms with van der Waals surface area (Å²) in [5.74, 6) is 0.440. The lowest BCUT2D eigenvalue weighted by Crippen LogP contribution is -2.47. The summed E-state index contributed by atoms with van der Waals surface area (Å²) in [6, 6.07) is 0. The van der Waals surface area contributed by atoms with Crippen LogP contribution in [0.1, 0.15) is 40.0 Å². The van der Waals surface area contributed by atoms with Crippen molar-refractivity contribution in [2.24, 2.45) is 17.3 Å². The Morgan fingerprint density at radius 2 is 2.10 bits per heavy atom. The summed E-state index contributed by atoms with van der Waals surface area (Å²) in [6.07, 6.45) is 7.73. The zero-order valence-corrected chi connectivity index (χ0v) is 14.9. The third kappa shape index (κ3) is 2.22. The molecule has 0 bridgehead atoms. The molecule has 0 N–H and O–H groups in total. The summed E-state index contributed by atoms with van der Waals surface area (Å²) in [7, 11) is -1.77. The molecule has 1 aliphatic heterocycles. The molecule has 21 heavy (non-hydrogen) atoms. The first-order chi connectivity index (χ1) is 9.67. The molecule has 4 atom stereocenters. The molecular formula is C17H28O3Si. The van der Waals surface area contributed by atoms with Crippen LogP contribution in [-0.2, 0) is 14.0 Å². The van der Waals surface area contributed by atoms with Crippen molar-refractivity contribution in [2.75, 3.05) is 6.61 Å². The number of ether oxygens (including phenoxy) is 1. The van der Waals surface area contributed by atoms with Gasteiger partial charge in [0.25, 0.3) is 0 Å².